The van der Waals surface area contributed by atoms with Gasteiger partial charge in [-0.1, -0.05) is 13.3 Å². The lowest BCUT2D eigenvalue weighted by atomic mass is 10.0. The van der Waals surface area contributed by atoms with Gasteiger partial charge in [0.25, 0.3) is 0 Å². The Morgan fingerprint density at radius 3 is 2.89 bits per heavy atom. The van der Waals surface area contributed by atoms with Gasteiger partial charge in [0.15, 0.2) is 0 Å². The molecule has 0 saturated carbocycles. The summed E-state index contributed by atoms with van der Waals surface area (Å²) >= 11 is 0. The molecule has 4 atom stereocenters. The summed E-state index contributed by atoms with van der Waals surface area (Å²) in [5.41, 5.74) is 0. The first-order valence-corrected chi connectivity index (χ1v) is 7.54. The molecule has 3 saturated heterocycles. The summed E-state index contributed by atoms with van der Waals surface area (Å²) in [5.74, 6) is 0.350. The highest BCUT2D eigenvalue weighted by atomic mass is 16.2. The van der Waals surface area contributed by atoms with Crippen LogP contribution in [0.2, 0.25) is 0 Å². The van der Waals surface area contributed by atoms with Gasteiger partial charge < -0.3 is 4.90 Å². The minimum Gasteiger partial charge on any atom is -0.321 e. The van der Waals surface area contributed by atoms with Crippen LogP contribution in [0.25, 0.3) is 0 Å². The van der Waals surface area contributed by atoms with Crippen LogP contribution in [0.1, 0.15) is 46.0 Å². The fraction of sp³-hybridized carbons (Fsp3) is 0.929. The summed E-state index contributed by atoms with van der Waals surface area (Å²) in [4.78, 5) is 17.3. The van der Waals surface area contributed by atoms with E-state index in [4.69, 9.17) is 0 Å². The van der Waals surface area contributed by atoms with Gasteiger partial charge in [0.1, 0.15) is 0 Å². The molecule has 0 aliphatic carbocycles. The smallest absolute Gasteiger partial charge is 0.241 e. The topological polar surface area (TPSA) is 35.6 Å². The van der Waals surface area contributed by atoms with E-state index in [0.717, 1.165) is 12.8 Å². The molecule has 0 spiro atoms. The van der Waals surface area contributed by atoms with Crippen molar-refractivity contribution in [2.24, 2.45) is 0 Å². The lowest BCUT2D eigenvalue weighted by Crippen LogP contribution is -2.48. The summed E-state index contributed by atoms with van der Waals surface area (Å²) in [6, 6.07) is 1.17. The quantitative estimate of drug-likeness (QED) is 0.818. The van der Waals surface area contributed by atoms with Crippen molar-refractivity contribution in [3.8, 4) is 0 Å². The average molecular weight is 251 g/mol. The molecular formula is C14H25N3O. The molecule has 4 nitrogen and oxygen atoms in total. The SMILES string of the molecule is CCCC1NC(C)N(C2CCN3CCCC23)C1=O. The van der Waals surface area contributed by atoms with Crippen LogP contribution < -0.4 is 5.32 Å². The number of carbonyl (C=O) groups excluding carboxylic acids is 1. The average Bonchev–Trinajstić information content (AvgIpc) is 2.98. The molecule has 0 bridgehead atoms. The molecule has 102 valence electrons. The zero-order chi connectivity index (χ0) is 12.7. The maximum atomic E-state index is 12.5. The highest BCUT2D eigenvalue weighted by Crippen LogP contribution is 2.33. The van der Waals surface area contributed by atoms with Crippen LogP contribution in [0.4, 0.5) is 0 Å². The molecule has 0 aromatic heterocycles. The van der Waals surface area contributed by atoms with Crippen molar-refractivity contribution in [1.29, 1.82) is 0 Å². The highest BCUT2D eigenvalue weighted by molar-refractivity contribution is 5.84. The Labute approximate surface area is 110 Å². The first-order valence-electron chi connectivity index (χ1n) is 7.54. The highest BCUT2D eigenvalue weighted by Gasteiger charge is 2.47. The van der Waals surface area contributed by atoms with E-state index in [0.29, 0.717) is 18.0 Å². The Kier molecular flexibility index (Phi) is 3.32. The Bertz CT molecular complexity index is 333. The Morgan fingerprint density at radius 2 is 2.11 bits per heavy atom. The standard InChI is InChI=1S/C14H25N3O/c1-3-5-11-14(18)17(10(2)15-11)13-7-9-16-8-4-6-12(13)16/h10-13,15H,3-9H2,1-2H3. The van der Waals surface area contributed by atoms with Gasteiger partial charge in [-0.2, -0.15) is 0 Å². The van der Waals surface area contributed by atoms with Gasteiger partial charge >= 0.3 is 0 Å². The van der Waals surface area contributed by atoms with Crippen molar-refractivity contribution < 1.29 is 4.79 Å². The molecule has 1 amide bonds. The van der Waals surface area contributed by atoms with Crippen molar-refractivity contribution in [1.82, 2.24) is 15.1 Å². The molecule has 3 fully saturated rings. The van der Waals surface area contributed by atoms with Gasteiger partial charge in [-0.05, 0) is 39.2 Å². The van der Waals surface area contributed by atoms with Gasteiger partial charge in [0.2, 0.25) is 5.91 Å². The van der Waals surface area contributed by atoms with Gasteiger partial charge in [-0.15, -0.1) is 0 Å². The molecule has 4 heteroatoms. The number of hydrogen-bond donors (Lipinski definition) is 1. The van der Waals surface area contributed by atoms with Gasteiger partial charge in [-0.25, -0.2) is 0 Å². The van der Waals surface area contributed by atoms with Crippen LogP contribution in [-0.2, 0) is 4.79 Å². The minimum absolute atomic E-state index is 0.0699. The Morgan fingerprint density at radius 1 is 1.28 bits per heavy atom. The van der Waals surface area contributed by atoms with E-state index in [-0.39, 0.29) is 12.2 Å². The molecule has 3 rings (SSSR count). The summed E-state index contributed by atoms with van der Waals surface area (Å²) < 4.78 is 0. The monoisotopic (exact) mass is 251 g/mol. The van der Waals surface area contributed by atoms with E-state index >= 15 is 0 Å². The van der Waals surface area contributed by atoms with Gasteiger partial charge in [0, 0.05) is 12.6 Å². The van der Waals surface area contributed by atoms with E-state index in [1.165, 1.54) is 32.4 Å². The predicted molar refractivity (Wildman–Crippen MR) is 71.1 cm³/mol. The van der Waals surface area contributed by atoms with Crippen molar-refractivity contribution in [3.05, 3.63) is 0 Å². The zero-order valence-electron chi connectivity index (χ0n) is 11.6. The lowest BCUT2D eigenvalue weighted by Gasteiger charge is -2.32. The van der Waals surface area contributed by atoms with E-state index in [2.05, 4.69) is 29.0 Å². The van der Waals surface area contributed by atoms with Gasteiger partial charge in [-0.3, -0.25) is 15.0 Å². The summed E-state index contributed by atoms with van der Waals surface area (Å²) in [7, 11) is 0. The normalized spacial score (nSPS) is 40.8. The van der Waals surface area contributed by atoms with Crippen LogP contribution in [0.15, 0.2) is 0 Å². The maximum Gasteiger partial charge on any atom is 0.241 e. The second kappa shape index (κ2) is 4.82. The summed E-state index contributed by atoms with van der Waals surface area (Å²) in [6.45, 7) is 6.72. The fourth-order valence-corrected chi connectivity index (χ4v) is 4.14. The van der Waals surface area contributed by atoms with E-state index < -0.39 is 0 Å². The van der Waals surface area contributed by atoms with Crippen LogP contribution in [0.3, 0.4) is 0 Å². The molecular weight excluding hydrogens is 226 g/mol. The van der Waals surface area contributed by atoms with Gasteiger partial charge in [0.05, 0.1) is 18.2 Å². The number of amides is 1. The molecule has 3 heterocycles. The molecule has 3 aliphatic rings. The number of fused-ring (bicyclic) bond motifs is 1. The number of nitrogens with zero attached hydrogens (tertiary/aromatic N) is 2. The third-order valence-electron chi connectivity index (χ3n) is 4.92. The molecule has 0 aromatic carbocycles. The van der Waals surface area contributed by atoms with Crippen molar-refractivity contribution >= 4 is 5.91 Å². The first-order chi connectivity index (χ1) is 8.72. The largest absolute Gasteiger partial charge is 0.321 e. The molecule has 0 aromatic rings. The lowest BCUT2D eigenvalue weighted by molar-refractivity contribution is -0.132. The first kappa shape index (κ1) is 12.4. The second-order valence-electron chi connectivity index (χ2n) is 6.03. The van der Waals surface area contributed by atoms with Crippen molar-refractivity contribution in [2.75, 3.05) is 13.1 Å². The number of carbonyl (C=O) groups is 1. The molecule has 3 aliphatic heterocycles. The predicted octanol–water partition coefficient (Wildman–Crippen LogP) is 1.17. The number of nitrogens with one attached hydrogen (secondary N) is 1. The summed E-state index contributed by atoms with van der Waals surface area (Å²) in [5, 5.41) is 3.47. The zero-order valence-corrected chi connectivity index (χ0v) is 11.6. The minimum atomic E-state index is 0.0699. The molecule has 0 radical (unpaired) electrons. The van der Waals surface area contributed by atoms with Crippen molar-refractivity contribution in [3.63, 3.8) is 0 Å². The van der Waals surface area contributed by atoms with Crippen LogP contribution in [0, 0.1) is 0 Å². The maximum absolute atomic E-state index is 12.5. The Hall–Kier alpha value is -0.610. The van der Waals surface area contributed by atoms with E-state index in [1.807, 2.05) is 0 Å². The van der Waals surface area contributed by atoms with Crippen LogP contribution in [-0.4, -0.2) is 53.1 Å². The van der Waals surface area contributed by atoms with E-state index in [9.17, 15) is 4.79 Å². The molecule has 4 unspecified atom stereocenters. The molecule has 1 N–H and O–H groups in total. The summed E-state index contributed by atoms with van der Waals surface area (Å²) in [6.07, 6.45) is 6.02. The van der Waals surface area contributed by atoms with Crippen LogP contribution >= 0.6 is 0 Å². The second-order valence-corrected chi connectivity index (χ2v) is 6.03. The number of hydrogen-bond acceptors (Lipinski definition) is 3. The van der Waals surface area contributed by atoms with E-state index in [1.54, 1.807) is 0 Å². The fourth-order valence-electron chi connectivity index (χ4n) is 4.14. The molecule has 18 heavy (non-hydrogen) atoms. The third-order valence-corrected chi connectivity index (χ3v) is 4.92. The Balaban J connectivity index is 1.73. The number of rotatable bonds is 3. The van der Waals surface area contributed by atoms with Crippen LogP contribution in [0.5, 0.6) is 0 Å². The van der Waals surface area contributed by atoms with Crippen molar-refractivity contribution in [2.45, 2.75) is 70.2 Å². The third kappa shape index (κ3) is 1.86.